The Hall–Kier alpha value is -0.940. The van der Waals surface area contributed by atoms with Gasteiger partial charge in [0, 0.05) is 33.0 Å². The van der Waals surface area contributed by atoms with E-state index in [2.05, 4.69) is 34.5 Å². The van der Waals surface area contributed by atoms with E-state index in [1.165, 1.54) is 0 Å². The van der Waals surface area contributed by atoms with Crippen LogP contribution in [0.5, 0.6) is 0 Å². The Morgan fingerprint density at radius 1 is 1.36 bits per heavy atom. The lowest BCUT2D eigenvalue weighted by Crippen LogP contribution is -2.28. The molecule has 80 valence electrons. The van der Waals surface area contributed by atoms with Crippen molar-refractivity contribution in [1.29, 1.82) is 0 Å². The molecular formula is C9H18N4O. The van der Waals surface area contributed by atoms with E-state index >= 15 is 0 Å². The predicted molar refractivity (Wildman–Crippen MR) is 54.2 cm³/mol. The number of aryl methyl sites for hydroxylation is 1. The molecule has 0 aromatic carbocycles. The van der Waals surface area contributed by atoms with Crippen molar-refractivity contribution in [3.63, 3.8) is 0 Å². The van der Waals surface area contributed by atoms with Gasteiger partial charge in [-0.05, 0) is 14.1 Å². The van der Waals surface area contributed by atoms with Gasteiger partial charge in [-0.1, -0.05) is 5.16 Å². The molecule has 0 spiro atoms. The van der Waals surface area contributed by atoms with Gasteiger partial charge >= 0.3 is 0 Å². The first-order valence-corrected chi connectivity index (χ1v) is 4.83. The molecule has 5 nitrogen and oxygen atoms in total. The van der Waals surface area contributed by atoms with Crippen molar-refractivity contribution in [3.05, 3.63) is 11.7 Å². The SMILES string of the molecule is Cc1nc(CCNCCN(C)C)no1. The average molecular weight is 198 g/mol. The Balaban J connectivity index is 2.04. The van der Waals surface area contributed by atoms with Crippen molar-refractivity contribution in [1.82, 2.24) is 20.4 Å². The highest BCUT2D eigenvalue weighted by atomic mass is 16.5. The molecule has 1 heterocycles. The third kappa shape index (κ3) is 4.34. The smallest absolute Gasteiger partial charge is 0.223 e. The van der Waals surface area contributed by atoms with E-state index in [1.54, 1.807) is 6.92 Å². The Kier molecular flexibility index (Phi) is 4.55. The van der Waals surface area contributed by atoms with Gasteiger partial charge in [-0.15, -0.1) is 0 Å². The second kappa shape index (κ2) is 5.72. The second-order valence-corrected chi connectivity index (χ2v) is 3.53. The predicted octanol–water partition coefficient (Wildman–Crippen LogP) is 0.0717. The van der Waals surface area contributed by atoms with Crippen LogP contribution in [0.3, 0.4) is 0 Å². The van der Waals surface area contributed by atoms with E-state index in [9.17, 15) is 0 Å². The number of hydrogen-bond donors (Lipinski definition) is 1. The van der Waals surface area contributed by atoms with Crippen molar-refractivity contribution >= 4 is 0 Å². The highest BCUT2D eigenvalue weighted by Gasteiger charge is 2.00. The molecule has 0 aliphatic carbocycles. The molecule has 0 unspecified atom stereocenters. The fourth-order valence-corrected chi connectivity index (χ4v) is 1.07. The maximum atomic E-state index is 4.86. The second-order valence-electron chi connectivity index (χ2n) is 3.53. The first-order valence-electron chi connectivity index (χ1n) is 4.83. The number of aromatic nitrogens is 2. The highest BCUT2D eigenvalue weighted by Crippen LogP contribution is 1.94. The van der Waals surface area contributed by atoms with Crippen LogP contribution in [0.15, 0.2) is 4.52 Å². The van der Waals surface area contributed by atoms with Crippen LogP contribution in [0.4, 0.5) is 0 Å². The number of rotatable bonds is 6. The molecule has 0 atom stereocenters. The first-order chi connectivity index (χ1) is 6.68. The van der Waals surface area contributed by atoms with E-state index in [4.69, 9.17) is 4.52 Å². The Labute approximate surface area is 84.5 Å². The highest BCUT2D eigenvalue weighted by molar-refractivity contribution is 4.84. The third-order valence-corrected chi connectivity index (χ3v) is 1.83. The van der Waals surface area contributed by atoms with Crippen LogP contribution < -0.4 is 5.32 Å². The monoisotopic (exact) mass is 198 g/mol. The van der Waals surface area contributed by atoms with E-state index in [0.29, 0.717) is 5.89 Å². The molecular weight excluding hydrogens is 180 g/mol. The van der Waals surface area contributed by atoms with E-state index < -0.39 is 0 Å². The van der Waals surface area contributed by atoms with Crippen LogP contribution in [0.1, 0.15) is 11.7 Å². The molecule has 14 heavy (non-hydrogen) atoms. The molecule has 0 aliphatic rings. The lowest BCUT2D eigenvalue weighted by Gasteiger charge is -2.09. The zero-order chi connectivity index (χ0) is 10.4. The van der Waals surface area contributed by atoms with Crippen molar-refractivity contribution in [3.8, 4) is 0 Å². The van der Waals surface area contributed by atoms with Gasteiger partial charge in [-0.3, -0.25) is 0 Å². The van der Waals surface area contributed by atoms with Crippen molar-refractivity contribution in [2.45, 2.75) is 13.3 Å². The summed E-state index contributed by atoms with van der Waals surface area (Å²) in [6, 6.07) is 0. The standard InChI is InChI=1S/C9H18N4O/c1-8-11-9(12-14-8)4-5-10-6-7-13(2)3/h10H,4-7H2,1-3H3. The van der Waals surface area contributed by atoms with Crippen LogP contribution >= 0.6 is 0 Å². The van der Waals surface area contributed by atoms with Gasteiger partial charge in [-0.2, -0.15) is 4.98 Å². The fraction of sp³-hybridized carbons (Fsp3) is 0.778. The van der Waals surface area contributed by atoms with Crippen molar-refractivity contribution < 1.29 is 4.52 Å². The molecule has 5 heteroatoms. The van der Waals surface area contributed by atoms with Gasteiger partial charge < -0.3 is 14.7 Å². The Bertz CT molecular complexity index is 259. The molecule has 0 radical (unpaired) electrons. The summed E-state index contributed by atoms with van der Waals surface area (Å²) in [5.74, 6) is 1.41. The lowest BCUT2D eigenvalue weighted by molar-refractivity contribution is 0.384. The lowest BCUT2D eigenvalue weighted by atomic mass is 10.4. The first kappa shape index (κ1) is 11.1. The van der Waals surface area contributed by atoms with Gasteiger partial charge in [0.2, 0.25) is 5.89 Å². The van der Waals surface area contributed by atoms with Crippen LogP contribution in [0, 0.1) is 6.92 Å². The maximum absolute atomic E-state index is 4.86. The summed E-state index contributed by atoms with van der Waals surface area (Å²) in [7, 11) is 4.12. The third-order valence-electron chi connectivity index (χ3n) is 1.83. The van der Waals surface area contributed by atoms with Gasteiger partial charge in [-0.25, -0.2) is 0 Å². The minimum absolute atomic E-state index is 0.633. The van der Waals surface area contributed by atoms with E-state index in [1.807, 2.05) is 0 Å². The minimum Gasteiger partial charge on any atom is -0.340 e. The number of hydrogen-bond acceptors (Lipinski definition) is 5. The van der Waals surface area contributed by atoms with Crippen molar-refractivity contribution in [2.75, 3.05) is 33.7 Å². The average Bonchev–Trinajstić information content (AvgIpc) is 2.50. The summed E-state index contributed by atoms with van der Waals surface area (Å²) in [5.41, 5.74) is 0. The topological polar surface area (TPSA) is 54.2 Å². The zero-order valence-electron chi connectivity index (χ0n) is 9.08. The molecule has 0 bridgehead atoms. The van der Waals surface area contributed by atoms with E-state index in [-0.39, 0.29) is 0 Å². The van der Waals surface area contributed by atoms with Gasteiger partial charge in [0.25, 0.3) is 0 Å². The van der Waals surface area contributed by atoms with Crippen LogP contribution in [0.25, 0.3) is 0 Å². The number of nitrogens with zero attached hydrogens (tertiary/aromatic N) is 3. The van der Waals surface area contributed by atoms with Crippen LogP contribution in [0.2, 0.25) is 0 Å². The Morgan fingerprint density at radius 3 is 2.71 bits per heavy atom. The van der Waals surface area contributed by atoms with Crippen molar-refractivity contribution in [2.24, 2.45) is 0 Å². The molecule has 0 amide bonds. The molecule has 1 aromatic heterocycles. The van der Waals surface area contributed by atoms with Gasteiger partial charge in [0.15, 0.2) is 5.82 Å². The molecule has 0 saturated carbocycles. The number of nitrogens with one attached hydrogen (secondary N) is 1. The summed E-state index contributed by atoms with van der Waals surface area (Å²) in [5, 5.41) is 7.12. The molecule has 0 fully saturated rings. The minimum atomic E-state index is 0.633. The summed E-state index contributed by atoms with van der Waals surface area (Å²) in [6.45, 7) is 4.73. The fourth-order valence-electron chi connectivity index (χ4n) is 1.07. The maximum Gasteiger partial charge on any atom is 0.223 e. The summed E-state index contributed by atoms with van der Waals surface area (Å²) in [4.78, 5) is 6.26. The summed E-state index contributed by atoms with van der Waals surface area (Å²) in [6.07, 6.45) is 0.824. The normalized spacial score (nSPS) is 11.1. The molecule has 1 N–H and O–H groups in total. The summed E-state index contributed by atoms with van der Waals surface area (Å²) >= 11 is 0. The van der Waals surface area contributed by atoms with Crippen LogP contribution in [-0.4, -0.2) is 48.8 Å². The van der Waals surface area contributed by atoms with Crippen LogP contribution in [-0.2, 0) is 6.42 Å². The van der Waals surface area contributed by atoms with Gasteiger partial charge in [0.05, 0.1) is 0 Å². The quantitative estimate of drug-likeness (QED) is 0.656. The largest absolute Gasteiger partial charge is 0.340 e. The molecule has 1 aromatic rings. The van der Waals surface area contributed by atoms with E-state index in [0.717, 1.165) is 31.9 Å². The molecule has 0 saturated heterocycles. The summed E-state index contributed by atoms with van der Waals surface area (Å²) < 4.78 is 4.86. The number of likely N-dealkylation sites (N-methyl/N-ethyl adjacent to an activating group) is 1. The zero-order valence-corrected chi connectivity index (χ0v) is 9.08. The van der Waals surface area contributed by atoms with Gasteiger partial charge in [0.1, 0.15) is 0 Å². The molecule has 0 aliphatic heterocycles. The molecule has 1 rings (SSSR count). The Morgan fingerprint density at radius 2 is 2.14 bits per heavy atom.